The van der Waals surface area contributed by atoms with E-state index in [4.69, 9.17) is 35.6 Å². The molecule has 220 valence electrons. The molecule has 0 fully saturated rings. The second kappa shape index (κ2) is 12.4. The highest BCUT2D eigenvalue weighted by Gasteiger charge is 2.17. The van der Waals surface area contributed by atoms with Crippen LogP contribution in [0.25, 0.3) is 33.5 Å². The quantitative estimate of drug-likeness (QED) is 0.156. The molecule has 1 N–H and O–H groups in total. The molecule has 6 aromatic rings. The number of ether oxygens (including phenoxy) is 2. The molecule has 2 heterocycles. The predicted octanol–water partition coefficient (Wildman–Crippen LogP) is 7.78. The number of fused-ring (bicyclic) bond motifs is 2. The fourth-order valence-electron chi connectivity index (χ4n) is 4.57. The minimum Gasteiger partial charge on any atom is -0.490 e. The molecule has 0 atom stereocenters. The number of aromatic nitrogens is 2. The molecule has 0 spiro atoms. The van der Waals surface area contributed by atoms with Crippen LogP contribution in [0.4, 0.5) is 0 Å². The molecule has 2 aromatic heterocycles. The molecule has 6 rings (SSSR count). The molecule has 0 aliphatic carbocycles. The summed E-state index contributed by atoms with van der Waals surface area (Å²) in [5.41, 5.74) is 2.35. The van der Waals surface area contributed by atoms with Crippen molar-refractivity contribution in [3.05, 3.63) is 121 Å². The lowest BCUT2D eigenvalue weighted by Crippen LogP contribution is -2.20. The summed E-state index contributed by atoms with van der Waals surface area (Å²) in [7, 11) is 0. The zero-order chi connectivity index (χ0) is 30.8. The fourth-order valence-corrected chi connectivity index (χ4v) is 5.18. The van der Waals surface area contributed by atoms with E-state index in [1.807, 2.05) is 13.0 Å². The number of rotatable bonds is 9. The van der Waals surface area contributed by atoms with Crippen LogP contribution in [0.1, 0.15) is 28.4 Å². The van der Waals surface area contributed by atoms with Crippen molar-refractivity contribution in [2.24, 2.45) is 5.10 Å². The lowest BCUT2D eigenvalue weighted by atomic mass is 10.1. The van der Waals surface area contributed by atoms with Gasteiger partial charge in [-0.1, -0.05) is 35.9 Å². The lowest BCUT2D eigenvalue weighted by Gasteiger charge is -2.14. The van der Waals surface area contributed by atoms with Gasteiger partial charge in [0.05, 0.1) is 29.3 Å². The number of hydrogen-bond donors (Lipinski definition) is 1. The van der Waals surface area contributed by atoms with Gasteiger partial charge in [-0.3, -0.25) is 4.79 Å². The normalized spacial score (nSPS) is 11.4. The van der Waals surface area contributed by atoms with Crippen molar-refractivity contribution in [2.45, 2.75) is 13.5 Å². The molecule has 0 aliphatic heterocycles. The number of nitrogens with zero attached hydrogens (tertiary/aromatic N) is 3. The molecule has 0 radical (unpaired) electrons. The van der Waals surface area contributed by atoms with Crippen molar-refractivity contribution < 1.29 is 23.8 Å². The summed E-state index contributed by atoms with van der Waals surface area (Å²) in [4.78, 5) is 29.5. The van der Waals surface area contributed by atoms with Crippen molar-refractivity contribution in [3.8, 4) is 23.1 Å². The first-order chi connectivity index (χ1) is 21.3. The Labute approximate surface area is 264 Å². The van der Waals surface area contributed by atoms with Crippen molar-refractivity contribution in [3.63, 3.8) is 0 Å². The summed E-state index contributed by atoms with van der Waals surface area (Å²) in [5.74, 6) is 0.541. The second-order valence-electron chi connectivity index (χ2n) is 9.65. The molecular formula is C33H23BrClN3O6. The summed E-state index contributed by atoms with van der Waals surface area (Å²) < 4.78 is 19.8. The average molecular weight is 673 g/mol. The number of carboxylic acids is 1. The smallest absolute Gasteiger partial charge is 0.335 e. The average Bonchev–Trinajstić information content (AvgIpc) is 3.44. The van der Waals surface area contributed by atoms with Gasteiger partial charge in [-0.15, -0.1) is 0 Å². The van der Waals surface area contributed by atoms with Crippen molar-refractivity contribution in [1.29, 1.82) is 0 Å². The zero-order valence-electron chi connectivity index (χ0n) is 23.2. The van der Waals surface area contributed by atoms with Crippen LogP contribution in [-0.2, 0) is 6.61 Å². The molecule has 11 heteroatoms. The molecular weight excluding hydrogens is 650 g/mol. The Balaban J connectivity index is 1.37. The second-order valence-corrected chi connectivity index (χ2v) is 10.9. The van der Waals surface area contributed by atoms with E-state index in [0.717, 1.165) is 10.9 Å². The molecule has 44 heavy (non-hydrogen) atoms. The Kier molecular flexibility index (Phi) is 8.19. The minimum absolute atomic E-state index is 0.198. The van der Waals surface area contributed by atoms with Gasteiger partial charge in [-0.05, 0) is 89.1 Å². The van der Waals surface area contributed by atoms with Gasteiger partial charge in [0.2, 0.25) is 5.82 Å². The molecule has 0 saturated heterocycles. The first-order valence-electron chi connectivity index (χ1n) is 13.5. The Hall–Kier alpha value is -4.93. The van der Waals surface area contributed by atoms with Crippen LogP contribution in [0.2, 0.25) is 5.02 Å². The van der Waals surface area contributed by atoms with Crippen LogP contribution in [0.15, 0.2) is 104 Å². The van der Waals surface area contributed by atoms with Gasteiger partial charge in [0.15, 0.2) is 17.3 Å². The molecule has 4 aromatic carbocycles. The Morgan fingerprint density at radius 3 is 2.59 bits per heavy atom. The zero-order valence-corrected chi connectivity index (χ0v) is 25.5. The maximum absolute atomic E-state index is 13.7. The van der Waals surface area contributed by atoms with Crippen LogP contribution < -0.4 is 15.0 Å². The maximum atomic E-state index is 13.7. The number of halogens is 2. The van der Waals surface area contributed by atoms with Gasteiger partial charge in [-0.2, -0.15) is 9.78 Å². The van der Waals surface area contributed by atoms with Crippen LogP contribution in [-0.4, -0.2) is 33.6 Å². The monoisotopic (exact) mass is 671 g/mol. The van der Waals surface area contributed by atoms with E-state index in [0.29, 0.717) is 55.4 Å². The van der Waals surface area contributed by atoms with Gasteiger partial charge in [-0.25, -0.2) is 9.78 Å². The number of hydrogen-bond acceptors (Lipinski definition) is 7. The predicted molar refractivity (Wildman–Crippen MR) is 172 cm³/mol. The van der Waals surface area contributed by atoms with Gasteiger partial charge in [0.25, 0.3) is 5.56 Å². The highest BCUT2D eigenvalue weighted by Crippen LogP contribution is 2.34. The number of carbonyl (C=O) groups is 1. The molecule has 0 aliphatic rings. The molecule has 0 saturated carbocycles. The van der Waals surface area contributed by atoms with E-state index in [2.05, 4.69) is 21.0 Å². The van der Waals surface area contributed by atoms with E-state index in [1.165, 1.54) is 23.0 Å². The first-order valence-corrected chi connectivity index (χ1v) is 14.6. The summed E-state index contributed by atoms with van der Waals surface area (Å²) >= 11 is 9.76. The summed E-state index contributed by atoms with van der Waals surface area (Å²) in [6, 6.07) is 24.0. The van der Waals surface area contributed by atoms with Crippen LogP contribution >= 0.6 is 27.5 Å². The van der Waals surface area contributed by atoms with Gasteiger partial charge >= 0.3 is 5.97 Å². The van der Waals surface area contributed by atoms with Gasteiger partial charge < -0.3 is 19.0 Å². The van der Waals surface area contributed by atoms with E-state index in [9.17, 15) is 9.59 Å². The summed E-state index contributed by atoms with van der Waals surface area (Å²) in [5, 5.41) is 15.4. The van der Waals surface area contributed by atoms with E-state index >= 15 is 0 Å². The van der Waals surface area contributed by atoms with Gasteiger partial charge in [0.1, 0.15) is 12.2 Å². The van der Waals surface area contributed by atoms with Crippen LogP contribution in [0.5, 0.6) is 11.5 Å². The lowest BCUT2D eigenvalue weighted by molar-refractivity contribution is 0.0697. The number of aromatic carboxylic acids is 1. The highest BCUT2D eigenvalue weighted by atomic mass is 79.9. The van der Waals surface area contributed by atoms with Crippen molar-refractivity contribution in [2.75, 3.05) is 6.61 Å². The number of para-hydroxylation sites is 1. The standard InChI is InChI=1S/C33H23BrClN3O6/c1-2-42-28-15-22(25(34)16-29(28)43-18-19-7-9-20(10-8-19)33(40)41)17-36-38-31(37-26-6-4-3-5-24(26)32(38)39)30-14-21-13-23(35)11-12-27(21)44-30/h3-17H,2,18H2,1H3,(H,40,41). The first kappa shape index (κ1) is 29.2. The Morgan fingerprint density at radius 2 is 1.82 bits per heavy atom. The van der Waals surface area contributed by atoms with E-state index < -0.39 is 5.97 Å². The van der Waals surface area contributed by atoms with E-state index in [1.54, 1.807) is 66.7 Å². The maximum Gasteiger partial charge on any atom is 0.335 e. The minimum atomic E-state index is -0.992. The highest BCUT2D eigenvalue weighted by molar-refractivity contribution is 9.10. The molecule has 0 bridgehead atoms. The largest absolute Gasteiger partial charge is 0.490 e. The van der Waals surface area contributed by atoms with E-state index in [-0.39, 0.29) is 23.6 Å². The molecule has 0 amide bonds. The van der Waals surface area contributed by atoms with Crippen LogP contribution in [0.3, 0.4) is 0 Å². The SMILES string of the molecule is CCOc1cc(C=Nn2c(-c3cc4cc(Cl)ccc4o3)nc3ccccc3c2=O)c(Br)cc1OCc1ccc(C(=O)O)cc1. The number of benzene rings is 4. The fraction of sp³-hybridized carbons (Fsp3) is 0.0909. The van der Waals surface area contributed by atoms with Crippen molar-refractivity contribution >= 4 is 61.6 Å². The summed E-state index contributed by atoms with van der Waals surface area (Å²) in [6.07, 6.45) is 1.53. The third-order valence-electron chi connectivity index (χ3n) is 6.72. The Morgan fingerprint density at radius 1 is 1.05 bits per heavy atom. The molecule has 0 unspecified atom stereocenters. The molecule has 9 nitrogen and oxygen atoms in total. The number of furan rings is 1. The Bertz CT molecular complexity index is 2120. The van der Waals surface area contributed by atoms with Crippen LogP contribution in [0, 0.1) is 0 Å². The third kappa shape index (κ3) is 5.95. The third-order valence-corrected chi connectivity index (χ3v) is 7.64. The summed E-state index contributed by atoms with van der Waals surface area (Å²) in [6.45, 7) is 2.44. The van der Waals surface area contributed by atoms with Crippen molar-refractivity contribution in [1.82, 2.24) is 9.66 Å². The topological polar surface area (TPSA) is 116 Å². The van der Waals surface area contributed by atoms with Gasteiger partial charge in [0, 0.05) is 20.4 Å². The number of carboxylic acid groups (broad SMARTS) is 1.